The maximum Gasteiger partial charge on any atom is 0.343 e. The van der Waals surface area contributed by atoms with Gasteiger partial charge in [-0.05, 0) is 85.6 Å². The lowest BCUT2D eigenvalue weighted by Crippen LogP contribution is -2.51. The van der Waals surface area contributed by atoms with Crippen LogP contribution in [0.25, 0.3) is 4.85 Å². The summed E-state index contributed by atoms with van der Waals surface area (Å²) >= 11 is 1.62. The Kier molecular flexibility index (Phi) is 10.1. The molecule has 0 amide bonds. The Morgan fingerprint density at radius 2 is 1.73 bits per heavy atom. The molecular formula is C41H48NO6S+. The van der Waals surface area contributed by atoms with Crippen molar-refractivity contribution in [1.29, 1.82) is 0 Å². The second kappa shape index (κ2) is 14.7. The molecule has 258 valence electrons. The highest BCUT2D eigenvalue weighted by Crippen LogP contribution is 2.55. The summed E-state index contributed by atoms with van der Waals surface area (Å²) < 4.78 is 12.0. The van der Waals surface area contributed by atoms with E-state index >= 15 is 0 Å². The molecule has 7 rings (SSSR count). The van der Waals surface area contributed by atoms with Crippen molar-refractivity contribution in [2.24, 2.45) is 11.8 Å². The lowest BCUT2D eigenvalue weighted by molar-refractivity contribution is -0.156. The third kappa shape index (κ3) is 6.90. The predicted octanol–water partition coefficient (Wildman–Crippen LogP) is 9.67. The van der Waals surface area contributed by atoms with Crippen LogP contribution in [-0.2, 0) is 22.4 Å². The number of carbonyl (C=O) groups is 1. The lowest BCUT2D eigenvalue weighted by Gasteiger charge is -2.39. The van der Waals surface area contributed by atoms with Crippen LogP contribution < -0.4 is 5.63 Å². The van der Waals surface area contributed by atoms with Crippen LogP contribution in [0, 0.1) is 17.9 Å². The molecule has 1 aromatic carbocycles. The van der Waals surface area contributed by atoms with Gasteiger partial charge in [0.15, 0.2) is 0 Å². The fraction of sp³-hybridized carbons (Fsp3) is 0.537. The standard InChI is InChI=1S/C41H47NO6S/c1-2-13-29(36-38(43)30-16-7-3-5-9-18-32(30)47-39(36)44)27-14-11-15-28(24-27)42-25-41(46)31-17-8-4-6-10-19-33(31)48-40(45)37(41)35(26-21-22-26)34-20-12-23-49-34/h11-12,14-15,20,23-24,26,29,35,37,46H,2-10,13,16-19,21-22H2,1H3/p+1. The maximum absolute atomic E-state index is 14.0. The number of nitrogens with zero attached hydrogens (tertiary/aromatic N) is 1. The highest BCUT2D eigenvalue weighted by atomic mass is 32.1. The summed E-state index contributed by atoms with van der Waals surface area (Å²) in [5.41, 5.74) is 1.04. The van der Waals surface area contributed by atoms with Gasteiger partial charge in [0.05, 0.1) is 5.56 Å². The highest BCUT2D eigenvalue weighted by molar-refractivity contribution is 7.10. The second-order valence-corrected chi connectivity index (χ2v) is 15.5. The molecule has 0 radical (unpaired) electrons. The molecule has 7 nitrogen and oxygen atoms in total. The number of aliphatic hydroxyl groups is 1. The molecule has 1 fully saturated rings. The molecule has 4 atom stereocenters. The fourth-order valence-corrected chi connectivity index (χ4v) is 9.45. The Balaban J connectivity index is 1.30. The van der Waals surface area contributed by atoms with Gasteiger partial charge in [0, 0.05) is 52.8 Å². The van der Waals surface area contributed by atoms with E-state index in [1.807, 2.05) is 35.7 Å². The molecule has 0 bridgehead atoms. The van der Waals surface area contributed by atoms with Gasteiger partial charge < -0.3 is 19.4 Å². The summed E-state index contributed by atoms with van der Waals surface area (Å²) in [4.78, 5) is 33.3. The Bertz CT molecular complexity index is 1830. The van der Waals surface area contributed by atoms with Gasteiger partial charge in [-0.1, -0.05) is 57.2 Å². The number of rotatable bonds is 7. The van der Waals surface area contributed by atoms with Crippen molar-refractivity contribution >= 4 is 23.0 Å². The molecular weight excluding hydrogens is 635 g/mol. The first kappa shape index (κ1) is 33.8. The van der Waals surface area contributed by atoms with E-state index in [1.165, 1.54) is 0 Å². The van der Waals surface area contributed by atoms with E-state index in [-0.39, 0.29) is 17.6 Å². The quantitative estimate of drug-likeness (QED) is 0.190. The van der Waals surface area contributed by atoms with Crippen molar-refractivity contribution in [3.63, 3.8) is 0 Å². The van der Waals surface area contributed by atoms with Crippen molar-refractivity contribution in [1.82, 2.24) is 0 Å². The maximum atomic E-state index is 14.0. The first-order chi connectivity index (χ1) is 23.9. The van der Waals surface area contributed by atoms with Gasteiger partial charge in [-0.2, -0.15) is 0 Å². The van der Waals surface area contributed by atoms with Crippen molar-refractivity contribution in [3.05, 3.63) is 95.7 Å². The molecule has 4 unspecified atom stereocenters. The molecule has 49 heavy (non-hydrogen) atoms. The Hall–Kier alpha value is -3.67. The van der Waals surface area contributed by atoms with Crippen LogP contribution in [0.1, 0.15) is 136 Å². The zero-order chi connectivity index (χ0) is 34.0. The minimum absolute atomic E-state index is 0.0772. The Morgan fingerprint density at radius 3 is 2.47 bits per heavy atom. The average Bonchev–Trinajstić information content (AvgIpc) is 3.76. The van der Waals surface area contributed by atoms with Crippen molar-refractivity contribution in [3.8, 4) is 11.8 Å². The largest absolute Gasteiger partial charge is 0.507 e. The van der Waals surface area contributed by atoms with E-state index < -0.39 is 23.1 Å². The van der Waals surface area contributed by atoms with Gasteiger partial charge in [0.25, 0.3) is 0 Å². The molecule has 0 saturated heterocycles. The average molecular weight is 683 g/mol. The minimum Gasteiger partial charge on any atom is -0.507 e. The molecule has 3 aliphatic carbocycles. The van der Waals surface area contributed by atoms with E-state index in [4.69, 9.17) is 14.0 Å². The fourth-order valence-electron chi connectivity index (χ4n) is 8.49. The first-order valence-corrected chi connectivity index (χ1v) is 19.4. The number of hydrogen-bond donors (Lipinski definition) is 2. The van der Waals surface area contributed by atoms with E-state index in [9.17, 15) is 19.8 Å². The van der Waals surface area contributed by atoms with Gasteiger partial charge in [0.1, 0.15) is 23.2 Å². The number of carbonyl (C=O) groups excluding carboxylic acids is 1. The van der Waals surface area contributed by atoms with Gasteiger partial charge in [-0.15, -0.1) is 11.3 Å². The minimum atomic E-state index is -1.72. The van der Waals surface area contributed by atoms with Crippen molar-refractivity contribution in [2.45, 2.75) is 127 Å². The number of aryl methyl sites for hydroxylation is 1. The zero-order valence-electron chi connectivity index (χ0n) is 28.5. The summed E-state index contributed by atoms with van der Waals surface area (Å²) in [7, 11) is 0. The number of esters is 1. The van der Waals surface area contributed by atoms with Crippen LogP contribution in [0.2, 0.25) is 0 Å². The van der Waals surface area contributed by atoms with E-state index in [0.29, 0.717) is 60.8 Å². The van der Waals surface area contributed by atoms with Gasteiger partial charge in [-0.3, -0.25) is 4.79 Å². The van der Waals surface area contributed by atoms with E-state index in [2.05, 4.69) is 19.1 Å². The zero-order valence-corrected chi connectivity index (χ0v) is 29.4. The van der Waals surface area contributed by atoms with Crippen LogP contribution in [-0.4, -0.2) is 21.8 Å². The lowest BCUT2D eigenvalue weighted by atomic mass is 9.69. The summed E-state index contributed by atoms with van der Waals surface area (Å²) in [6, 6.07) is 14.9. The molecule has 2 aromatic heterocycles. The molecule has 2 N–H and O–H groups in total. The van der Waals surface area contributed by atoms with Crippen LogP contribution in [0.15, 0.2) is 62.3 Å². The van der Waals surface area contributed by atoms with Gasteiger partial charge in [-0.25, -0.2) is 4.79 Å². The third-order valence-corrected chi connectivity index (χ3v) is 12.1. The number of benzene rings is 1. The van der Waals surface area contributed by atoms with Crippen LogP contribution in [0.3, 0.4) is 0 Å². The molecule has 1 aliphatic heterocycles. The molecule has 4 aliphatic rings. The number of ether oxygens (including phenoxy) is 1. The van der Waals surface area contributed by atoms with Gasteiger partial charge >= 0.3 is 23.4 Å². The number of aromatic hydroxyl groups is 1. The van der Waals surface area contributed by atoms with Crippen LogP contribution in [0.5, 0.6) is 5.75 Å². The number of thiophene rings is 1. The monoisotopic (exact) mass is 682 g/mol. The Labute approximate surface area is 292 Å². The number of hydrogen-bond acceptors (Lipinski definition) is 7. The highest BCUT2D eigenvalue weighted by Gasteiger charge is 2.60. The molecule has 3 heterocycles. The summed E-state index contributed by atoms with van der Waals surface area (Å²) in [6.45, 7) is 2.07. The number of allylic oxidation sites excluding steroid dienone is 1. The summed E-state index contributed by atoms with van der Waals surface area (Å²) in [6.07, 6.45) is 14.1. The topological polar surface area (TPSA) is 101 Å². The SMILES string of the molecule is CCCC(c1cccc([N+]#CC2(O)C3=C(CCCCCC3)OC(=O)C2C(c2cccs2)C2CC2)c1)c1c(O)c2c(oc1=O)CCCCCC2. The molecule has 0 spiro atoms. The van der Waals surface area contributed by atoms with Crippen molar-refractivity contribution in [2.75, 3.05) is 0 Å². The molecule has 1 saturated carbocycles. The Morgan fingerprint density at radius 1 is 0.980 bits per heavy atom. The summed E-state index contributed by atoms with van der Waals surface area (Å²) in [5.74, 6) is -0.223. The van der Waals surface area contributed by atoms with Crippen LogP contribution >= 0.6 is 11.3 Å². The molecule has 3 aromatic rings. The summed E-state index contributed by atoms with van der Waals surface area (Å²) in [5, 5.41) is 26.4. The predicted molar refractivity (Wildman–Crippen MR) is 192 cm³/mol. The third-order valence-electron chi connectivity index (χ3n) is 11.1. The van der Waals surface area contributed by atoms with Crippen molar-refractivity contribution < 1.29 is 24.2 Å². The smallest absolute Gasteiger partial charge is 0.343 e. The first-order valence-electron chi connectivity index (χ1n) is 18.5. The molecule has 8 heteroatoms. The second-order valence-electron chi connectivity index (χ2n) is 14.5. The normalized spacial score (nSPS) is 24.1. The van der Waals surface area contributed by atoms with E-state index in [1.54, 1.807) is 11.3 Å². The number of fused-ring (bicyclic) bond motifs is 1. The van der Waals surface area contributed by atoms with Crippen LogP contribution in [0.4, 0.5) is 5.69 Å². The van der Waals surface area contributed by atoms with Gasteiger partial charge in [0.2, 0.25) is 5.60 Å². The van der Waals surface area contributed by atoms with E-state index in [0.717, 1.165) is 92.2 Å².